The summed E-state index contributed by atoms with van der Waals surface area (Å²) in [5.74, 6) is 0.874. The Kier molecular flexibility index (Phi) is 2.94. The van der Waals surface area contributed by atoms with E-state index < -0.39 is 0 Å². The number of piperidine rings is 1. The Labute approximate surface area is 89.3 Å². The second-order valence-electron chi connectivity index (χ2n) is 3.91. The lowest BCUT2D eigenvalue weighted by Crippen LogP contribution is -2.41. The van der Waals surface area contributed by atoms with Gasteiger partial charge >= 0.3 is 0 Å². The first-order valence-corrected chi connectivity index (χ1v) is 5.32. The molecule has 0 bridgehead atoms. The molecular formula is C11H15N3O. The van der Waals surface area contributed by atoms with Crippen LogP contribution in [0.5, 0.6) is 0 Å². The van der Waals surface area contributed by atoms with Crippen molar-refractivity contribution in [2.24, 2.45) is 0 Å². The predicted octanol–water partition coefficient (Wildman–Crippen LogP) is 1.34. The molecule has 0 radical (unpaired) electrons. The molecule has 1 fully saturated rings. The monoisotopic (exact) mass is 205 g/mol. The number of anilines is 1. The number of rotatable bonds is 2. The summed E-state index contributed by atoms with van der Waals surface area (Å²) < 4.78 is 0. The molecular weight excluding hydrogens is 190 g/mol. The molecule has 80 valence electrons. The van der Waals surface area contributed by atoms with Crippen LogP contribution < -0.4 is 4.90 Å². The van der Waals surface area contributed by atoms with Crippen molar-refractivity contribution >= 4 is 12.1 Å². The molecule has 1 atom stereocenters. The van der Waals surface area contributed by atoms with Crippen LogP contribution in [0.1, 0.15) is 25.0 Å². The van der Waals surface area contributed by atoms with Crippen molar-refractivity contribution in [2.45, 2.75) is 32.2 Å². The largest absolute Gasteiger partial charge is 0.347 e. The van der Waals surface area contributed by atoms with Gasteiger partial charge in [-0.1, -0.05) is 0 Å². The number of carbonyl (C=O) groups excluding carboxylic acids is 1. The molecule has 1 aromatic heterocycles. The summed E-state index contributed by atoms with van der Waals surface area (Å²) in [6, 6.07) is 1.93. The van der Waals surface area contributed by atoms with Gasteiger partial charge in [-0.15, -0.1) is 0 Å². The highest BCUT2D eigenvalue weighted by atomic mass is 16.1. The fourth-order valence-electron chi connectivity index (χ4n) is 1.98. The van der Waals surface area contributed by atoms with E-state index in [1.807, 2.05) is 13.0 Å². The number of aromatic nitrogens is 2. The maximum atomic E-state index is 10.9. The molecule has 4 nitrogen and oxygen atoms in total. The lowest BCUT2D eigenvalue weighted by Gasteiger charge is -2.33. The van der Waals surface area contributed by atoms with E-state index in [0.29, 0.717) is 0 Å². The third kappa shape index (κ3) is 2.14. The van der Waals surface area contributed by atoms with E-state index >= 15 is 0 Å². The Balaban J connectivity index is 2.23. The van der Waals surface area contributed by atoms with Gasteiger partial charge in [0.1, 0.15) is 18.4 Å². The lowest BCUT2D eigenvalue weighted by molar-refractivity contribution is -0.109. The van der Waals surface area contributed by atoms with Crippen LogP contribution in [-0.4, -0.2) is 28.8 Å². The summed E-state index contributed by atoms with van der Waals surface area (Å²) in [6.07, 6.45) is 5.78. The van der Waals surface area contributed by atoms with Gasteiger partial charge in [0.15, 0.2) is 0 Å². The summed E-state index contributed by atoms with van der Waals surface area (Å²) in [4.78, 5) is 21.3. The Morgan fingerprint density at radius 2 is 2.33 bits per heavy atom. The number of hydrogen-bond acceptors (Lipinski definition) is 4. The molecule has 0 aromatic carbocycles. The topological polar surface area (TPSA) is 46.1 Å². The first-order valence-electron chi connectivity index (χ1n) is 5.32. The van der Waals surface area contributed by atoms with Crippen molar-refractivity contribution in [3.63, 3.8) is 0 Å². The van der Waals surface area contributed by atoms with E-state index in [0.717, 1.165) is 43.6 Å². The maximum absolute atomic E-state index is 10.9. The van der Waals surface area contributed by atoms with Crippen molar-refractivity contribution < 1.29 is 4.79 Å². The zero-order valence-electron chi connectivity index (χ0n) is 8.89. The van der Waals surface area contributed by atoms with Crippen molar-refractivity contribution in [2.75, 3.05) is 11.4 Å². The average Bonchev–Trinajstić information content (AvgIpc) is 2.29. The zero-order chi connectivity index (χ0) is 10.7. The van der Waals surface area contributed by atoms with Gasteiger partial charge in [-0.25, -0.2) is 9.97 Å². The van der Waals surface area contributed by atoms with Gasteiger partial charge in [-0.2, -0.15) is 0 Å². The molecule has 1 unspecified atom stereocenters. The molecule has 0 N–H and O–H groups in total. The number of hydrogen-bond donors (Lipinski definition) is 0. The molecule has 15 heavy (non-hydrogen) atoms. The molecule has 1 aliphatic rings. The van der Waals surface area contributed by atoms with Gasteiger partial charge in [-0.3, -0.25) is 0 Å². The Hall–Kier alpha value is -1.45. The van der Waals surface area contributed by atoms with E-state index in [1.54, 1.807) is 6.33 Å². The predicted molar refractivity (Wildman–Crippen MR) is 57.8 cm³/mol. The number of carbonyl (C=O) groups is 1. The highest BCUT2D eigenvalue weighted by molar-refractivity contribution is 5.65. The van der Waals surface area contributed by atoms with Crippen LogP contribution >= 0.6 is 0 Å². The molecule has 1 aliphatic heterocycles. The van der Waals surface area contributed by atoms with E-state index in [-0.39, 0.29) is 6.04 Å². The van der Waals surface area contributed by atoms with Crippen LogP contribution in [0, 0.1) is 6.92 Å². The summed E-state index contributed by atoms with van der Waals surface area (Å²) in [7, 11) is 0. The van der Waals surface area contributed by atoms with Crippen LogP contribution in [0.15, 0.2) is 12.4 Å². The van der Waals surface area contributed by atoms with E-state index in [1.165, 1.54) is 0 Å². The third-order valence-electron chi connectivity index (χ3n) is 2.79. The third-order valence-corrected chi connectivity index (χ3v) is 2.79. The highest BCUT2D eigenvalue weighted by Gasteiger charge is 2.22. The summed E-state index contributed by atoms with van der Waals surface area (Å²) in [6.45, 7) is 2.85. The van der Waals surface area contributed by atoms with Crippen LogP contribution in [0.3, 0.4) is 0 Å². The van der Waals surface area contributed by atoms with Crippen LogP contribution in [0.2, 0.25) is 0 Å². The Morgan fingerprint density at radius 1 is 1.47 bits per heavy atom. The molecule has 2 heterocycles. The minimum absolute atomic E-state index is 0.00644. The standard InChI is InChI=1S/C11H15N3O/c1-9-6-11(13-8-12-9)14-5-3-2-4-10(14)7-15/h6-8,10H,2-5H2,1H3. The van der Waals surface area contributed by atoms with Crippen LogP contribution in [0.4, 0.5) is 5.82 Å². The van der Waals surface area contributed by atoms with Gasteiger partial charge in [-0.05, 0) is 26.2 Å². The summed E-state index contributed by atoms with van der Waals surface area (Å²) in [5.41, 5.74) is 0.940. The Morgan fingerprint density at radius 3 is 3.07 bits per heavy atom. The SMILES string of the molecule is Cc1cc(N2CCCCC2C=O)ncn1. The summed E-state index contributed by atoms with van der Waals surface area (Å²) in [5, 5.41) is 0. The van der Waals surface area contributed by atoms with Crippen molar-refractivity contribution in [1.82, 2.24) is 9.97 Å². The quantitative estimate of drug-likeness (QED) is 0.683. The second kappa shape index (κ2) is 4.38. The van der Waals surface area contributed by atoms with Crippen molar-refractivity contribution in [3.8, 4) is 0 Å². The zero-order valence-corrected chi connectivity index (χ0v) is 8.89. The van der Waals surface area contributed by atoms with Crippen molar-refractivity contribution in [3.05, 3.63) is 18.1 Å². The molecule has 4 heteroatoms. The fourth-order valence-corrected chi connectivity index (χ4v) is 1.98. The first-order chi connectivity index (χ1) is 7.31. The van der Waals surface area contributed by atoms with Gasteiger partial charge < -0.3 is 9.69 Å². The molecule has 0 spiro atoms. The van der Waals surface area contributed by atoms with Crippen molar-refractivity contribution in [1.29, 1.82) is 0 Å². The van der Waals surface area contributed by atoms with E-state index in [9.17, 15) is 4.79 Å². The van der Waals surface area contributed by atoms with Gasteiger partial charge in [0.25, 0.3) is 0 Å². The molecule has 1 aromatic rings. The minimum atomic E-state index is -0.00644. The van der Waals surface area contributed by atoms with Crippen LogP contribution in [-0.2, 0) is 4.79 Å². The fraction of sp³-hybridized carbons (Fsp3) is 0.545. The smallest absolute Gasteiger partial charge is 0.142 e. The highest BCUT2D eigenvalue weighted by Crippen LogP contribution is 2.21. The number of aryl methyl sites for hydroxylation is 1. The summed E-state index contributed by atoms with van der Waals surface area (Å²) >= 11 is 0. The molecule has 2 rings (SSSR count). The Bertz CT molecular complexity index is 353. The van der Waals surface area contributed by atoms with Gasteiger partial charge in [0.05, 0.1) is 6.04 Å². The lowest BCUT2D eigenvalue weighted by atomic mass is 10.0. The van der Waals surface area contributed by atoms with Crippen LogP contribution in [0.25, 0.3) is 0 Å². The minimum Gasteiger partial charge on any atom is -0.347 e. The van der Waals surface area contributed by atoms with E-state index in [2.05, 4.69) is 14.9 Å². The normalized spacial score (nSPS) is 21.4. The first kappa shape index (κ1) is 10.1. The molecule has 0 amide bonds. The van der Waals surface area contributed by atoms with E-state index in [4.69, 9.17) is 0 Å². The maximum Gasteiger partial charge on any atom is 0.142 e. The van der Waals surface area contributed by atoms with Gasteiger partial charge in [0.2, 0.25) is 0 Å². The second-order valence-corrected chi connectivity index (χ2v) is 3.91. The molecule has 1 saturated heterocycles. The molecule has 0 saturated carbocycles. The van der Waals surface area contributed by atoms with Gasteiger partial charge in [0, 0.05) is 18.3 Å². The number of nitrogens with zero attached hydrogens (tertiary/aromatic N) is 3. The number of aldehydes is 1. The average molecular weight is 205 g/mol. The molecule has 0 aliphatic carbocycles.